The van der Waals surface area contributed by atoms with Crippen molar-refractivity contribution in [3.63, 3.8) is 0 Å². The number of rotatable bonds is 8. The topological polar surface area (TPSA) is 100 Å². The molecule has 2 aliphatic rings. The number of tetrazole rings is 1. The summed E-state index contributed by atoms with van der Waals surface area (Å²) in [6, 6.07) is 13.3. The molecule has 2 heterocycles. The molecular weight excluding hydrogens is 470 g/mol. The number of ether oxygens (including phenoxy) is 3. The molecule has 2 aromatic carbocycles. The van der Waals surface area contributed by atoms with Crippen LogP contribution in [0, 0.1) is 6.92 Å². The highest BCUT2D eigenvalue weighted by atomic mass is 16.5. The molecule has 1 fully saturated rings. The summed E-state index contributed by atoms with van der Waals surface area (Å²) in [6.07, 6.45) is 5.08. The Morgan fingerprint density at radius 2 is 1.86 bits per heavy atom. The molecule has 0 radical (unpaired) electrons. The van der Waals surface area contributed by atoms with Gasteiger partial charge in [-0.15, -0.1) is 0 Å². The molecule has 5 rings (SSSR count). The third-order valence-electron chi connectivity index (χ3n) is 6.99. The Hall–Kier alpha value is -3.88. The van der Waals surface area contributed by atoms with E-state index in [2.05, 4.69) is 39.9 Å². The first-order chi connectivity index (χ1) is 18.0. The van der Waals surface area contributed by atoms with Gasteiger partial charge in [-0.3, -0.25) is 0 Å². The number of nitrogens with one attached hydrogen (secondary N) is 1. The smallest absolute Gasteiger partial charge is 0.338 e. The minimum absolute atomic E-state index is 0.0614. The van der Waals surface area contributed by atoms with Crippen molar-refractivity contribution in [1.82, 2.24) is 20.2 Å². The second-order valence-electron chi connectivity index (χ2n) is 9.53. The van der Waals surface area contributed by atoms with E-state index >= 15 is 0 Å². The quantitative estimate of drug-likeness (QED) is 0.423. The zero-order chi connectivity index (χ0) is 25.8. The lowest BCUT2D eigenvalue weighted by Crippen LogP contribution is -2.32. The zero-order valence-electron chi connectivity index (χ0n) is 21.6. The number of aryl methyl sites for hydroxylation is 1. The van der Waals surface area contributed by atoms with E-state index in [1.807, 2.05) is 44.2 Å². The molecule has 194 valence electrons. The number of fused-ring (bicyclic) bond motifs is 1. The minimum Gasteiger partial charge on any atom is -0.490 e. The van der Waals surface area contributed by atoms with Crippen LogP contribution in [-0.2, 0) is 16.1 Å². The maximum absolute atomic E-state index is 13.5. The van der Waals surface area contributed by atoms with Crippen LogP contribution in [-0.4, -0.2) is 38.9 Å². The summed E-state index contributed by atoms with van der Waals surface area (Å²) in [6.45, 7) is 6.74. The summed E-state index contributed by atoms with van der Waals surface area (Å²) in [5, 5.41) is 15.3. The molecule has 1 unspecified atom stereocenters. The third-order valence-corrected chi connectivity index (χ3v) is 6.99. The van der Waals surface area contributed by atoms with Crippen molar-refractivity contribution in [3.8, 4) is 11.5 Å². The third kappa shape index (κ3) is 5.30. The van der Waals surface area contributed by atoms with E-state index in [1.165, 1.54) is 12.0 Å². The van der Waals surface area contributed by atoms with Gasteiger partial charge in [0, 0.05) is 5.70 Å². The van der Waals surface area contributed by atoms with E-state index in [0.717, 1.165) is 36.8 Å². The summed E-state index contributed by atoms with van der Waals surface area (Å²) in [7, 11) is 0. The van der Waals surface area contributed by atoms with Crippen LogP contribution in [0.4, 0.5) is 5.95 Å². The molecule has 1 aromatic heterocycles. The SMILES string of the molecule is CCOc1cc(C2C(C(=O)OC3CCCCC3)=C(C)Nc3nnnn32)ccc1OCc1ccccc1C. The number of hydrogen-bond donors (Lipinski definition) is 1. The van der Waals surface area contributed by atoms with E-state index in [0.29, 0.717) is 41.9 Å². The lowest BCUT2D eigenvalue weighted by atomic mass is 9.94. The van der Waals surface area contributed by atoms with Gasteiger partial charge in [-0.25, -0.2) is 4.79 Å². The predicted octanol–water partition coefficient (Wildman–Crippen LogP) is 5.12. The standard InChI is InChI=1S/C28H33N5O4/c1-4-35-24-16-20(14-15-23(24)36-17-21-11-9-8-10-18(21)2)26-25(19(3)29-28-30-31-32-33(26)28)27(34)37-22-12-6-5-7-13-22/h8-11,14-16,22,26H,4-7,12-13,17H2,1-3H3,(H,29,30,32). The number of allylic oxidation sites excluding steroid dienone is 1. The molecule has 1 atom stereocenters. The maximum Gasteiger partial charge on any atom is 0.338 e. The van der Waals surface area contributed by atoms with Crippen LogP contribution in [0.5, 0.6) is 11.5 Å². The fourth-order valence-corrected chi connectivity index (χ4v) is 4.99. The lowest BCUT2D eigenvalue weighted by molar-refractivity contribution is -0.146. The molecule has 0 spiro atoms. The predicted molar refractivity (Wildman–Crippen MR) is 138 cm³/mol. The van der Waals surface area contributed by atoms with Gasteiger partial charge in [-0.2, -0.15) is 4.68 Å². The fraction of sp³-hybridized carbons (Fsp3) is 0.429. The number of carbonyl (C=O) groups is 1. The molecule has 0 amide bonds. The first-order valence-corrected chi connectivity index (χ1v) is 13.0. The van der Waals surface area contributed by atoms with Crippen LogP contribution in [0.3, 0.4) is 0 Å². The molecule has 3 aromatic rings. The molecule has 9 heteroatoms. The Bertz CT molecular complexity index is 1300. The van der Waals surface area contributed by atoms with Gasteiger partial charge < -0.3 is 19.5 Å². The monoisotopic (exact) mass is 503 g/mol. The Morgan fingerprint density at radius 3 is 2.65 bits per heavy atom. The molecule has 1 N–H and O–H groups in total. The van der Waals surface area contributed by atoms with Crippen LogP contribution >= 0.6 is 0 Å². The van der Waals surface area contributed by atoms with Crippen molar-refractivity contribution < 1.29 is 19.0 Å². The largest absolute Gasteiger partial charge is 0.490 e. The van der Waals surface area contributed by atoms with Crippen LogP contribution < -0.4 is 14.8 Å². The van der Waals surface area contributed by atoms with Gasteiger partial charge in [0.15, 0.2) is 11.5 Å². The molecule has 1 aliphatic heterocycles. The fourth-order valence-electron chi connectivity index (χ4n) is 4.99. The average molecular weight is 504 g/mol. The van der Waals surface area contributed by atoms with E-state index in [4.69, 9.17) is 14.2 Å². The summed E-state index contributed by atoms with van der Waals surface area (Å²) < 4.78 is 19.7. The van der Waals surface area contributed by atoms with Crippen LogP contribution in [0.1, 0.15) is 68.7 Å². The molecule has 0 bridgehead atoms. The minimum atomic E-state index is -0.563. The molecule has 1 aliphatic carbocycles. The molecular formula is C28H33N5O4. The number of hydrogen-bond acceptors (Lipinski definition) is 8. The zero-order valence-corrected chi connectivity index (χ0v) is 21.6. The first kappa shape index (κ1) is 24.8. The van der Waals surface area contributed by atoms with E-state index in [9.17, 15) is 4.79 Å². The van der Waals surface area contributed by atoms with Crippen molar-refractivity contribution in [1.29, 1.82) is 0 Å². The maximum atomic E-state index is 13.5. The van der Waals surface area contributed by atoms with Gasteiger partial charge in [0.05, 0.1) is 12.2 Å². The number of anilines is 1. The Morgan fingerprint density at radius 1 is 1.05 bits per heavy atom. The highest BCUT2D eigenvalue weighted by molar-refractivity contribution is 5.92. The van der Waals surface area contributed by atoms with E-state index in [-0.39, 0.29) is 12.1 Å². The van der Waals surface area contributed by atoms with Gasteiger partial charge in [0.2, 0.25) is 5.95 Å². The van der Waals surface area contributed by atoms with Gasteiger partial charge in [-0.1, -0.05) is 41.9 Å². The Labute approximate surface area is 216 Å². The summed E-state index contributed by atoms with van der Waals surface area (Å²) in [5.41, 5.74) is 4.24. The van der Waals surface area contributed by atoms with Crippen molar-refractivity contribution in [2.45, 2.75) is 71.6 Å². The van der Waals surface area contributed by atoms with Gasteiger partial charge in [0.1, 0.15) is 18.8 Å². The van der Waals surface area contributed by atoms with Crippen molar-refractivity contribution in [2.24, 2.45) is 0 Å². The Balaban J connectivity index is 1.46. The molecule has 37 heavy (non-hydrogen) atoms. The van der Waals surface area contributed by atoms with Crippen LogP contribution in [0.2, 0.25) is 0 Å². The second kappa shape index (κ2) is 11.0. The number of aromatic nitrogens is 4. The second-order valence-corrected chi connectivity index (χ2v) is 9.53. The molecule has 9 nitrogen and oxygen atoms in total. The summed E-state index contributed by atoms with van der Waals surface area (Å²) in [5.74, 6) is 1.35. The highest BCUT2D eigenvalue weighted by Gasteiger charge is 2.36. The van der Waals surface area contributed by atoms with Gasteiger partial charge in [0.25, 0.3) is 0 Å². The number of benzene rings is 2. The summed E-state index contributed by atoms with van der Waals surface area (Å²) >= 11 is 0. The van der Waals surface area contributed by atoms with E-state index < -0.39 is 6.04 Å². The Kier molecular flexibility index (Phi) is 7.39. The average Bonchev–Trinajstić information content (AvgIpc) is 3.36. The van der Waals surface area contributed by atoms with Gasteiger partial charge in [-0.05, 0) is 85.7 Å². The highest BCUT2D eigenvalue weighted by Crippen LogP contribution is 2.39. The number of esters is 1. The number of nitrogens with zero attached hydrogens (tertiary/aromatic N) is 4. The van der Waals surface area contributed by atoms with Crippen LogP contribution in [0.25, 0.3) is 0 Å². The number of carbonyl (C=O) groups excluding carboxylic acids is 1. The lowest BCUT2D eigenvalue weighted by Gasteiger charge is -2.30. The normalized spacial score (nSPS) is 17.6. The van der Waals surface area contributed by atoms with Crippen LogP contribution in [0.15, 0.2) is 53.7 Å². The molecule has 0 saturated heterocycles. The molecule has 1 saturated carbocycles. The first-order valence-electron chi connectivity index (χ1n) is 13.0. The van der Waals surface area contributed by atoms with Gasteiger partial charge >= 0.3 is 5.97 Å². The van der Waals surface area contributed by atoms with Crippen molar-refractivity contribution >= 4 is 11.9 Å². The van der Waals surface area contributed by atoms with Crippen molar-refractivity contribution in [2.75, 3.05) is 11.9 Å². The summed E-state index contributed by atoms with van der Waals surface area (Å²) in [4.78, 5) is 13.5. The van der Waals surface area contributed by atoms with Crippen molar-refractivity contribution in [3.05, 3.63) is 70.4 Å². The van der Waals surface area contributed by atoms with E-state index in [1.54, 1.807) is 4.68 Å².